The fourth-order valence-corrected chi connectivity index (χ4v) is 4.21. The molecule has 1 aromatic heterocycles. The third-order valence-electron chi connectivity index (χ3n) is 4.79. The number of methoxy groups -OCH3 is 2. The average Bonchev–Trinajstić information content (AvgIpc) is 2.94. The summed E-state index contributed by atoms with van der Waals surface area (Å²) in [6, 6.07) is 11.2. The van der Waals surface area contributed by atoms with E-state index in [0.29, 0.717) is 28.4 Å². The van der Waals surface area contributed by atoms with Crippen molar-refractivity contribution >= 4 is 21.6 Å². The van der Waals surface area contributed by atoms with E-state index in [1.807, 2.05) is 0 Å². The highest BCUT2D eigenvalue weighted by atomic mass is 35.5. The molecule has 0 aliphatic carbocycles. The van der Waals surface area contributed by atoms with Crippen LogP contribution >= 0.6 is 11.6 Å². The lowest BCUT2D eigenvalue weighted by atomic mass is 10.2. The summed E-state index contributed by atoms with van der Waals surface area (Å²) in [6.07, 6.45) is 0. The summed E-state index contributed by atoms with van der Waals surface area (Å²) in [5, 5.41) is 0.130. The molecule has 1 heterocycles. The van der Waals surface area contributed by atoms with Gasteiger partial charge in [0.15, 0.2) is 11.5 Å². The first-order chi connectivity index (χ1) is 14.2. The Labute approximate surface area is 179 Å². The highest BCUT2D eigenvalue weighted by molar-refractivity contribution is 7.89. The average molecular weight is 452 g/mol. The summed E-state index contributed by atoms with van der Waals surface area (Å²) in [5.41, 5.74) is 1.48. The largest absolute Gasteiger partial charge is 0.493 e. The smallest absolute Gasteiger partial charge is 0.290 e. The molecule has 3 aromatic rings. The second kappa shape index (κ2) is 8.55. The molecule has 0 saturated heterocycles. The van der Waals surface area contributed by atoms with Gasteiger partial charge in [0, 0.05) is 13.6 Å². The van der Waals surface area contributed by atoms with Crippen LogP contribution in [0.2, 0.25) is 5.02 Å². The number of nitrogens with one attached hydrogen (secondary N) is 1. The minimum absolute atomic E-state index is 0.0799. The fourth-order valence-electron chi connectivity index (χ4n) is 2.99. The molecule has 0 radical (unpaired) electrons. The molecule has 0 amide bonds. The van der Waals surface area contributed by atoms with Gasteiger partial charge in [-0.2, -0.15) is 0 Å². The molecular formula is C20H22ClN3O5S. The molecule has 0 aliphatic rings. The molecule has 0 aliphatic heterocycles. The van der Waals surface area contributed by atoms with Crippen LogP contribution in [0.4, 0.5) is 0 Å². The molecule has 1 N–H and O–H groups in total. The lowest BCUT2D eigenvalue weighted by Crippen LogP contribution is -2.23. The van der Waals surface area contributed by atoms with Crippen molar-refractivity contribution in [3.63, 3.8) is 0 Å². The molecule has 0 spiro atoms. The van der Waals surface area contributed by atoms with E-state index in [9.17, 15) is 13.2 Å². The van der Waals surface area contributed by atoms with Gasteiger partial charge in [-0.15, -0.1) is 0 Å². The SMILES string of the molecule is COc1ccc(CNS(=O)(=O)c2ccc(-n3c(=O)c(Cl)c(C)n3C)cc2)cc1OC. The normalized spacial score (nSPS) is 11.5. The molecule has 8 nitrogen and oxygen atoms in total. The predicted octanol–water partition coefficient (Wildman–Crippen LogP) is 2.63. The standard InChI is InChI=1S/C20H22ClN3O5S/c1-13-19(21)20(25)24(23(13)2)15-6-8-16(9-7-15)30(26,27)22-12-14-5-10-17(28-3)18(11-14)29-4/h5-11,22H,12H2,1-4H3. The number of hydrogen-bond acceptors (Lipinski definition) is 5. The van der Waals surface area contributed by atoms with E-state index in [1.54, 1.807) is 49.0 Å². The Morgan fingerprint density at radius 2 is 1.67 bits per heavy atom. The summed E-state index contributed by atoms with van der Waals surface area (Å²) >= 11 is 6.02. The summed E-state index contributed by atoms with van der Waals surface area (Å²) in [4.78, 5) is 12.4. The van der Waals surface area contributed by atoms with Gasteiger partial charge in [-0.1, -0.05) is 17.7 Å². The minimum Gasteiger partial charge on any atom is -0.493 e. The van der Waals surface area contributed by atoms with E-state index in [4.69, 9.17) is 21.1 Å². The van der Waals surface area contributed by atoms with E-state index in [0.717, 1.165) is 0 Å². The molecule has 0 atom stereocenters. The summed E-state index contributed by atoms with van der Waals surface area (Å²) < 4.78 is 41.3. The Bertz CT molecular complexity index is 1230. The van der Waals surface area contributed by atoms with Crippen LogP contribution in [0.15, 0.2) is 52.2 Å². The Hall–Kier alpha value is -2.75. The lowest BCUT2D eigenvalue weighted by Gasteiger charge is -2.12. The van der Waals surface area contributed by atoms with Crippen LogP contribution in [0.5, 0.6) is 11.5 Å². The first-order valence-corrected chi connectivity index (χ1v) is 10.8. The van der Waals surface area contributed by atoms with Crippen molar-refractivity contribution in [2.24, 2.45) is 7.05 Å². The van der Waals surface area contributed by atoms with E-state index in [1.165, 1.54) is 31.0 Å². The molecule has 0 fully saturated rings. The number of benzene rings is 2. The van der Waals surface area contributed by atoms with Crippen molar-refractivity contribution < 1.29 is 17.9 Å². The zero-order valence-electron chi connectivity index (χ0n) is 17.0. The van der Waals surface area contributed by atoms with Gasteiger partial charge in [-0.25, -0.2) is 17.8 Å². The molecule has 30 heavy (non-hydrogen) atoms. The maximum Gasteiger partial charge on any atom is 0.290 e. The Balaban J connectivity index is 1.81. The van der Waals surface area contributed by atoms with Crippen LogP contribution < -0.4 is 19.8 Å². The number of sulfonamides is 1. The van der Waals surface area contributed by atoms with Crippen molar-refractivity contribution in [2.75, 3.05) is 14.2 Å². The van der Waals surface area contributed by atoms with Crippen molar-refractivity contribution in [3.8, 4) is 17.2 Å². The zero-order valence-corrected chi connectivity index (χ0v) is 18.5. The summed E-state index contributed by atoms with van der Waals surface area (Å²) in [7, 11) is 0.993. The topological polar surface area (TPSA) is 91.6 Å². The minimum atomic E-state index is -3.76. The van der Waals surface area contributed by atoms with Gasteiger partial charge < -0.3 is 9.47 Å². The van der Waals surface area contributed by atoms with Crippen molar-refractivity contribution in [1.29, 1.82) is 0 Å². The monoisotopic (exact) mass is 451 g/mol. The molecular weight excluding hydrogens is 430 g/mol. The van der Waals surface area contributed by atoms with Gasteiger partial charge in [0.1, 0.15) is 5.02 Å². The summed E-state index contributed by atoms with van der Waals surface area (Å²) in [6.45, 7) is 1.81. The lowest BCUT2D eigenvalue weighted by molar-refractivity contribution is 0.354. The Morgan fingerprint density at radius 3 is 2.20 bits per heavy atom. The van der Waals surface area contributed by atoms with Gasteiger partial charge in [0.05, 0.1) is 30.5 Å². The van der Waals surface area contributed by atoms with Crippen molar-refractivity contribution in [1.82, 2.24) is 14.1 Å². The molecule has 10 heteroatoms. The first kappa shape index (κ1) is 21.9. The van der Waals surface area contributed by atoms with Crippen LogP contribution in [0.1, 0.15) is 11.3 Å². The summed E-state index contributed by atoms with van der Waals surface area (Å²) in [5.74, 6) is 1.08. The maximum atomic E-state index is 12.7. The number of hydrogen-bond donors (Lipinski definition) is 1. The maximum absolute atomic E-state index is 12.7. The number of rotatable bonds is 7. The second-order valence-electron chi connectivity index (χ2n) is 6.55. The third kappa shape index (κ3) is 4.09. The van der Waals surface area contributed by atoms with Crippen molar-refractivity contribution in [2.45, 2.75) is 18.4 Å². The van der Waals surface area contributed by atoms with Crippen LogP contribution in [-0.2, 0) is 23.6 Å². The van der Waals surface area contributed by atoms with Gasteiger partial charge in [0.25, 0.3) is 5.56 Å². The van der Waals surface area contributed by atoms with Crippen molar-refractivity contribution in [3.05, 3.63) is 69.1 Å². The molecule has 0 saturated carbocycles. The molecule has 160 valence electrons. The zero-order chi connectivity index (χ0) is 22.1. The van der Waals surface area contributed by atoms with E-state index >= 15 is 0 Å². The fraction of sp³-hybridized carbons (Fsp3) is 0.250. The second-order valence-corrected chi connectivity index (χ2v) is 8.69. The third-order valence-corrected chi connectivity index (χ3v) is 6.64. The quantitative estimate of drug-likeness (QED) is 0.596. The van der Waals surface area contributed by atoms with Crippen LogP contribution in [-0.4, -0.2) is 32.0 Å². The highest BCUT2D eigenvalue weighted by Gasteiger charge is 2.17. The van der Waals surface area contributed by atoms with E-state index in [-0.39, 0.29) is 22.0 Å². The Kier molecular flexibility index (Phi) is 6.25. The molecule has 3 rings (SSSR count). The first-order valence-electron chi connectivity index (χ1n) is 8.94. The van der Waals surface area contributed by atoms with Gasteiger partial charge in [0.2, 0.25) is 10.0 Å². The number of nitrogens with zero attached hydrogens (tertiary/aromatic N) is 2. The van der Waals surface area contributed by atoms with Crippen LogP contribution in [0, 0.1) is 6.92 Å². The molecule has 0 bridgehead atoms. The van der Waals surface area contributed by atoms with E-state index in [2.05, 4.69) is 4.72 Å². The number of ether oxygens (including phenoxy) is 2. The van der Waals surface area contributed by atoms with E-state index < -0.39 is 10.0 Å². The Morgan fingerprint density at radius 1 is 1.03 bits per heavy atom. The molecule has 2 aromatic carbocycles. The molecule has 0 unspecified atom stereocenters. The van der Waals surface area contributed by atoms with Crippen LogP contribution in [0.3, 0.4) is 0 Å². The van der Waals surface area contributed by atoms with Gasteiger partial charge in [-0.3, -0.25) is 9.48 Å². The number of aromatic nitrogens is 2. The number of halogens is 1. The highest BCUT2D eigenvalue weighted by Crippen LogP contribution is 2.27. The predicted molar refractivity (Wildman–Crippen MR) is 114 cm³/mol. The van der Waals surface area contributed by atoms with Gasteiger partial charge >= 0.3 is 0 Å². The van der Waals surface area contributed by atoms with Crippen LogP contribution in [0.25, 0.3) is 5.69 Å². The van der Waals surface area contributed by atoms with Gasteiger partial charge in [-0.05, 0) is 48.9 Å².